The van der Waals surface area contributed by atoms with Crippen molar-refractivity contribution in [3.05, 3.63) is 0 Å². The molecule has 0 spiro atoms. The number of hydrogen-bond acceptors (Lipinski definition) is 5. The van der Waals surface area contributed by atoms with Crippen LogP contribution in [-0.2, 0) is 14.3 Å². The van der Waals surface area contributed by atoms with Crippen LogP contribution in [0.3, 0.4) is 0 Å². The summed E-state index contributed by atoms with van der Waals surface area (Å²) in [6.45, 7) is 4.99. The number of esters is 1. The third-order valence-corrected chi connectivity index (χ3v) is 16.2. The van der Waals surface area contributed by atoms with Gasteiger partial charge < -0.3 is 20.3 Å². The van der Waals surface area contributed by atoms with E-state index in [1.165, 1.54) is 321 Å². The van der Waals surface area contributed by atoms with Gasteiger partial charge >= 0.3 is 5.97 Å². The third kappa shape index (κ3) is 60.0. The smallest absolute Gasteiger partial charge is 0.305 e. The number of aliphatic hydroxyl groups is 2. The number of ether oxygens (including phenoxy) is 1. The van der Waals surface area contributed by atoms with Crippen LogP contribution in [-0.4, -0.2) is 47.4 Å². The van der Waals surface area contributed by atoms with Gasteiger partial charge in [-0.15, -0.1) is 0 Å². The van der Waals surface area contributed by atoms with E-state index in [9.17, 15) is 19.8 Å². The van der Waals surface area contributed by atoms with Gasteiger partial charge in [-0.2, -0.15) is 0 Å². The van der Waals surface area contributed by atoms with Gasteiger partial charge in [0, 0.05) is 12.8 Å². The molecule has 3 N–H and O–H groups in total. The van der Waals surface area contributed by atoms with Crippen LogP contribution in [0.5, 0.6) is 0 Å². The summed E-state index contributed by atoms with van der Waals surface area (Å²) in [5.41, 5.74) is 0. The van der Waals surface area contributed by atoms with Crippen molar-refractivity contribution in [3.8, 4) is 0 Å². The van der Waals surface area contributed by atoms with Crippen LogP contribution in [0.2, 0.25) is 0 Å². The standard InChI is InChI=1S/C67H133NO5/c1-3-5-7-9-11-13-15-17-33-37-41-45-49-53-57-61-67(72)73-62-58-54-50-46-42-38-35-32-30-28-26-24-22-20-18-19-21-23-25-27-29-31-34-36-40-44-48-52-56-60-66(71)68-64(63-69)65(70)59-55-51-47-43-39-16-14-12-10-8-6-4-2/h64-65,69-70H,3-63H2,1-2H3,(H,68,71). The molecule has 436 valence electrons. The Bertz CT molecular complexity index is 1050. The van der Waals surface area contributed by atoms with Gasteiger partial charge in [-0.25, -0.2) is 0 Å². The highest BCUT2D eigenvalue weighted by Crippen LogP contribution is 2.19. The van der Waals surface area contributed by atoms with Gasteiger partial charge in [-0.1, -0.05) is 354 Å². The lowest BCUT2D eigenvalue weighted by Gasteiger charge is -2.22. The van der Waals surface area contributed by atoms with Crippen molar-refractivity contribution < 1.29 is 24.5 Å². The first-order valence-electron chi connectivity index (χ1n) is 33.8. The maximum atomic E-state index is 12.5. The molecular weight excluding hydrogens is 899 g/mol. The second-order valence-electron chi connectivity index (χ2n) is 23.5. The normalized spacial score (nSPS) is 12.4. The van der Waals surface area contributed by atoms with Crippen molar-refractivity contribution in [2.45, 2.75) is 405 Å². The van der Waals surface area contributed by atoms with E-state index in [1.807, 2.05) is 0 Å². The molecular formula is C67H133NO5. The first-order valence-corrected chi connectivity index (χ1v) is 33.8. The first-order chi connectivity index (χ1) is 36.0. The lowest BCUT2D eigenvalue weighted by Crippen LogP contribution is -2.45. The summed E-state index contributed by atoms with van der Waals surface area (Å²) in [5.74, 6) is -0.00593. The van der Waals surface area contributed by atoms with Crippen LogP contribution in [0, 0.1) is 0 Å². The highest BCUT2D eigenvalue weighted by molar-refractivity contribution is 5.76. The van der Waals surface area contributed by atoms with Gasteiger partial charge in [0.1, 0.15) is 0 Å². The molecule has 0 radical (unpaired) electrons. The zero-order chi connectivity index (χ0) is 52.9. The number of unbranched alkanes of at least 4 members (excludes halogenated alkanes) is 53. The van der Waals surface area contributed by atoms with E-state index in [2.05, 4.69) is 19.2 Å². The molecule has 1 amide bonds. The molecule has 6 nitrogen and oxygen atoms in total. The second kappa shape index (κ2) is 63.4. The fourth-order valence-electron chi connectivity index (χ4n) is 11.0. The van der Waals surface area contributed by atoms with Gasteiger partial charge in [0.25, 0.3) is 0 Å². The van der Waals surface area contributed by atoms with Crippen LogP contribution < -0.4 is 5.32 Å². The van der Waals surface area contributed by atoms with E-state index >= 15 is 0 Å². The summed E-state index contributed by atoms with van der Waals surface area (Å²) < 4.78 is 5.50. The summed E-state index contributed by atoms with van der Waals surface area (Å²) in [4.78, 5) is 24.5. The number of rotatable bonds is 64. The number of aliphatic hydroxyl groups excluding tert-OH is 2. The molecule has 0 saturated carbocycles. The van der Waals surface area contributed by atoms with Gasteiger partial charge in [-0.3, -0.25) is 9.59 Å². The van der Waals surface area contributed by atoms with Crippen LogP contribution in [0.1, 0.15) is 393 Å². The second-order valence-corrected chi connectivity index (χ2v) is 23.5. The molecule has 0 bridgehead atoms. The molecule has 2 unspecified atom stereocenters. The Balaban J connectivity index is 3.30. The minimum absolute atomic E-state index is 0.0234. The van der Waals surface area contributed by atoms with Crippen molar-refractivity contribution >= 4 is 11.9 Å². The molecule has 0 aromatic heterocycles. The minimum Gasteiger partial charge on any atom is -0.466 e. The Morgan fingerprint density at radius 1 is 0.329 bits per heavy atom. The Morgan fingerprint density at radius 2 is 0.562 bits per heavy atom. The van der Waals surface area contributed by atoms with Crippen LogP contribution in [0.15, 0.2) is 0 Å². The largest absolute Gasteiger partial charge is 0.466 e. The average molecular weight is 1030 g/mol. The molecule has 0 aliphatic carbocycles. The number of nitrogens with one attached hydrogen (secondary N) is 1. The molecule has 0 fully saturated rings. The van der Waals surface area contributed by atoms with Gasteiger partial charge in [0.05, 0.1) is 25.4 Å². The van der Waals surface area contributed by atoms with Crippen LogP contribution >= 0.6 is 0 Å². The van der Waals surface area contributed by atoms with Crippen LogP contribution in [0.25, 0.3) is 0 Å². The van der Waals surface area contributed by atoms with Crippen molar-refractivity contribution in [2.75, 3.05) is 13.2 Å². The van der Waals surface area contributed by atoms with E-state index < -0.39 is 12.1 Å². The predicted octanol–water partition coefficient (Wildman–Crippen LogP) is 21.4. The number of amides is 1. The fourth-order valence-corrected chi connectivity index (χ4v) is 11.0. The maximum Gasteiger partial charge on any atom is 0.305 e. The zero-order valence-corrected chi connectivity index (χ0v) is 49.9. The number of hydrogen-bond donors (Lipinski definition) is 3. The summed E-state index contributed by atoms with van der Waals surface area (Å²) >= 11 is 0. The van der Waals surface area contributed by atoms with E-state index in [1.54, 1.807) is 0 Å². The fraction of sp³-hybridized carbons (Fsp3) is 0.970. The molecule has 0 heterocycles. The molecule has 0 aliphatic rings. The molecule has 0 saturated heterocycles. The Morgan fingerprint density at radius 3 is 0.836 bits per heavy atom. The van der Waals surface area contributed by atoms with E-state index in [0.29, 0.717) is 25.9 Å². The zero-order valence-electron chi connectivity index (χ0n) is 49.9. The first kappa shape index (κ1) is 71.9. The summed E-state index contributed by atoms with van der Waals surface area (Å²) in [6, 6.07) is -0.536. The molecule has 6 heteroatoms. The average Bonchev–Trinajstić information content (AvgIpc) is 3.39. The SMILES string of the molecule is CCCCCCCCCCCCCCCCCC(=O)OCCCCCCCCCCCCCCCCCCCCCCCCCCCCCCCC(=O)NC(CO)C(O)CCCCCCCCCCCCCC. The summed E-state index contributed by atoms with van der Waals surface area (Å²) in [6.07, 6.45) is 75.8. The van der Waals surface area contributed by atoms with E-state index in [0.717, 1.165) is 38.5 Å². The highest BCUT2D eigenvalue weighted by atomic mass is 16.5. The van der Waals surface area contributed by atoms with Crippen LogP contribution in [0.4, 0.5) is 0 Å². The van der Waals surface area contributed by atoms with Gasteiger partial charge in [0.2, 0.25) is 5.91 Å². The molecule has 0 aliphatic heterocycles. The molecule has 0 rings (SSSR count). The quantitative estimate of drug-likeness (QED) is 0.0417. The summed E-state index contributed by atoms with van der Waals surface area (Å²) in [5, 5.41) is 23.2. The van der Waals surface area contributed by atoms with Crippen molar-refractivity contribution in [2.24, 2.45) is 0 Å². The lowest BCUT2D eigenvalue weighted by molar-refractivity contribution is -0.143. The monoisotopic (exact) mass is 1030 g/mol. The van der Waals surface area contributed by atoms with Crippen molar-refractivity contribution in [1.29, 1.82) is 0 Å². The predicted molar refractivity (Wildman–Crippen MR) is 320 cm³/mol. The topological polar surface area (TPSA) is 95.9 Å². The Hall–Kier alpha value is -1.14. The molecule has 0 aromatic carbocycles. The minimum atomic E-state index is -0.659. The maximum absolute atomic E-state index is 12.5. The molecule has 73 heavy (non-hydrogen) atoms. The number of carbonyl (C=O) groups is 2. The van der Waals surface area contributed by atoms with Crippen molar-refractivity contribution in [1.82, 2.24) is 5.32 Å². The number of carbonyl (C=O) groups excluding carboxylic acids is 2. The molecule has 2 atom stereocenters. The Kier molecular flexibility index (Phi) is 62.4. The summed E-state index contributed by atoms with van der Waals surface area (Å²) in [7, 11) is 0. The Labute approximate surface area is 457 Å². The van der Waals surface area contributed by atoms with Gasteiger partial charge in [0.15, 0.2) is 0 Å². The third-order valence-electron chi connectivity index (χ3n) is 16.2. The van der Waals surface area contributed by atoms with E-state index in [4.69, 9.17) is 4.74 Å². The van der Waals surface area contributed by atoms with Crippen molar-refractivity contribution in [3.63, 3.8) is 0 Å². The van der Waals surface area contributed by atoms with E-state index in [-0.39, 0.29) is 18.5 Å². The lowest BCUT2D eigenvalue weighted by atomic mass is 10.0. The molecule has 0 aromatic rings. The highest BCUT2D eigenvalue weighted by Gasteiger charge is 2.20. The van der Waals surface area contributed by atoms with Gasteiger partial charge in [-0.05, 0) is 25.7 Å².